The second-order valence-corrected chi connectivity index (χ2v) is 11.3. The van der Waals surface area contributed by atoms with E-state index in [1.54, 1.807) is 29.5 Å². The number of hydrogen-bond acceptors (Lipinski definition) is 4. The molecule has 1 atom stereocenters. The number of rotatable bonds is 7. The van der Waals surface area contributed by atoms with Gasteiger partial charge in [-0.2, -0.15) is 8.78 Å². The second-order valence-electron chi connectivity index (χ2n) is 8.83. The minimum atomic E-state index is -2.94. The van der Waals surface area contributed by atoms with Crippen molar-refractivity contribution in [2.75, 3.05) is 4.90 Å². The Bertz CT molecular complexity index is 1560. The zero-order valence-electron chi connectivity index (χ0n) is 20.1. The summed E-state index contributed by atoms with van der Waals surface area (Å²) in [6.45, 7) is -2.27. The molecule has 0 aliphatic carbocycles. The highest BCUT2D eigenvalue weighted by Crippen LogP contribution is 2.51. The van der Waals surface area contributed by atoms with Gasteiger partial charge >= 0.3 is 6.61 Å². The lowest BCUT2D eigenvalue weighted by molar-refractivity contribution is -0.0496. The monoisotopic (exact) mass is 589 g/mol. The Morgan fingerprint density at radius 1 is 0.842 bits per heavy atom. The minimum Gasteiger partial charge on any atom is -0.479 e. The van der Waals surface area contributed by atoms with E-state index in [9.17, 15) is 8.78 Å². The van der Waals surface area contributed by atoms with E-state index in [0.717, 1.165) is 31.2 Å². The summed E-state index contributed by atoms with van der Waals surface area (Å²) >= 11 is 5.15. The van der Waals surface area contributed by atoms with Gasteiger partial charge < -0.3 is 14.4 Å². The molecule has 7 heteroatoms. The standard InChI is InChI=1S/C31H22BrF2NO2S/c32-28-17-16-27(38-28)30-24-18-22(35(21-10-5-2-6-11-21)19-20-8-3-1-4-9-20)14-15-23(24)29-25(36-30)12-7-13-26(29)37-31(33)34/h1-18,30-31H,19H2. The van der Waals surface area contributed by atoms with Crippen molar-refractivity contribution in [2.24, 2.45) is 0 Å². The smallest absolute Gasteiger partial charge is 0.387 e. The van der Waals surface area contributed by atoms with Crippen molar-refractivity contribution in [1.29, 1.82) is 0 Å². The van der Waals surface area contributed by atoms with E-state index < -0.39 is 12.7 Å². The molecule has 1 aromatic heterocycles. The summed E-state index contributed by atoms with van der Waals surface area (Å²) in [7, 11) is 0. The SMILES string of the molecule is FC(F)Oc1cccc2c1-c1ccc(N(Cc3ccccc3)c3ccccc3)cc1C(c1ccc(Br)s1)O2. The molecular weight excluding hydrogens is 568 g/mol. The number of ether oxygens (including phenoxy) is 2. The molecule has 1 unspecified atom stereocenters. The van der Waals surface area contributed by atoms with E-state index >= 15 is 0 Å². The second kappa shape index (κ2) is 10.6. The van der Waals surface area contributed by atoms with Crippen LogP contribution in [0.1, 0.15) is 22.1 Å². The largest absolute Gasteiger partial charge is 0.479 e. The van der Waals surface area contributed by atoms with Gasteiger partial charge in [-0.1, -0.05) is 60.7 Å². The van der Waals surface area contributed by atoms with Crippen molar-refractivity contribution in [3.05, 3.63) is 129 Å². The molecule has 5 aromatic rings. The molecule has 6 rings (SSSR count). The number of thiophene rings is 1. The molecule has 1 aliphatic heterocycles. The minimum absolute atomic E-state index is 0.0986. The maximum atomic E-state index is 13.3. The van der Waals surface area contributed by atoms with Gasteiger partial charge in [0.25, 0.3) is 0 Å². The summed E-state index contributed by atoms with van der Waals surface area (Å²) in [5, 5.41) is 0. The van der Waals surface area contributed by atoms with Gasteiger partial charge in [-0.25, -0.2) is 0 Å². The summed E-state index contributed by atoms with van der Waals surface area (Å²) in [5.41, 5.74) is 5.43. The van der Waals surface area contributed by atoms with E-state index in [2.05, 4.69) is 51.2 Å². The van der Waals surface area contributed by atoms with Crippen LogP contribution < -0.4 is 14.4 Å². The third-order valence-electron chi connectivity index (χ3n) is 6.45. The number of benzene rings is 4. The first-order valence-corrected chi connectivity index (χ1v) is 13.7. The van der Waals surface area contributed by atoms with Crippen molar-refractivity contribution >= 4 is 38.6 Å². The zero-order valence-corrected chi connectivity index (χ0v) is 22.5. The van der Waals surface area contributed by atoms with Crippen molar-refractivity contribution < 1.29 is 18.3 Å². The molecule has 0 spiro atoms. The van der Waals surface area contributed by atoms with Crippen molar-refractivity contribution in [3.8, 4) is 22.6 Å². The lowest BCUT2D eigenvalue weighted by atomic mass is 9.90. The molecule has 0 bridgehead atoms. The van der Waals surface area contributed by atoms with Crippen LogP contribution in [0.15, 0.2) is 113 Å². The van der Waals surface area contributed by atoms with Crippen LogP contribution in [-0.2, 0) is 6.54 Å². The van der Waals surface area contributed by atoms with E-state index in [4.69, 9.17) is 9.47 Å². The van der Waals surface area contributed by atoms with Crippen molar-refractivity contribution in [3.63, 3.8) is 0 Å². The van der Waals surface area contributed by atoms with Crippen LogP contribution in [0.5, 0.6) is 11.5 Å². The average molecular weight is 590 g/mol. The normalized spacial score (nSPS) is 13.9. The van der Waals surface area contributed by atoms with Crippen LogP contribution in [0.25, 0.3) is 11.1 Å². The number of fused-ring (bicyclic) bond motifs is 3. The maximum absolute atomic E-state index is 13.3. The van der Waals surface area contributed by atoms with Crippen molar-refractivity contribution in [1.82, 2.24) is 0 Å². The first-order valence-electron chi connectivity index (χ1n) is 12.1. The lowest BCUT2D eigenvalue weighted by Gasteiger charge is -2.32. The van der Waals surface area contributed by atoms with Gasteiger partial charge in [-0.05, 0) is 75.6 Å². The first-order chi connectivity index (χ1) is 18.6. The van der Waals surface area contributed by atoms with Crippen LogP contribution in [0, 0.1) is 0 Å². The molecule has 0 saturated heterocycles. The molecule has 0 fully saturated rings. The Kier molecular flexibility index (Phi) is 6.87. The fourth-order valence-electron chi connectivity index (χ4n) is 4.81. The van der Waals surface area contributed by atoms with Crippen LogP contribution in [0.3, 0.4) is 0 Å². The Morgan fingerprint density at radius 2 is 1.61 bits per heavy atom. The van der Waals surface area contributed by atoms with Gasteiger partial charge in [0.05, 0.1) is 14.2 Å². The summed E-state index contributed by atoms with van der Waals surface area (Å²) in [4.78, 5) is 3.25. The number of nitrogens with zero attached hydrogens (tertiary/aromatic N) is 1. The first kappa shape index (κ1) is 24.6. The van der Waals surface area contributed by atoms with Crippen LogP contribution in [0.2, 0.25) is 0 Å². The molecule has 2 heterocycles. The van der Waals surface area contributed by atoms with E-state index in [-0.39, 0.29) is 5.75 Å². The van der Waals surface area contributed by atoms with Gasteiger partial charge in [0.2, 0.25) is 0 Å². The lowest BCUT2D eigenvalue weighted by Crippen LogP contribution is -2.19. The van der Waals surface area contributed by atoms with E-state index in [1.807, 2.05) is 60.7 Å². The third kappa shape index (κ3) is 4.91. The molecule has 190 valence electrons. The predicted molar refractivity (Wildman–Crippen MR) is 152 cm³/mol. The summed E-state index contributed by atoms with van der Waals surface area (Å²) in [6, 6.07) is 35.6. The molecule has 1 aliphatic rings. The average Bonchev–Trinajstić information content (AvgIpc) is 3.37. The van der Waals surface area contributed by atoms with E-state index in [1.165, 1.54) is 5.56 Å². The molecular formula is C31H22BrF2NO2S. The molecule has 38 heavy (non-hydrogen) atoms. The van der Waals surface area contributed by atoms with Crippen LogP contribution >= 0.6 is 27.3 Å². The number of para-hydroxylation sites is 1. The third-order valence-corrected chi connectivity index (χ3v) is 8.12. The number of alkyl halides is 2. The zero-order chi connectivity index (χ0) is 26.1. The van der Waals surface area contributed by atoms with Gasteiger partial charge in [0.15, 0.2) is 6.10 Å². The van der Waals surface area contributed by atoms with Gasteiger partial charge in [0, 0.05) is 23.5 Å². The van der Waals surface area contributed by atoms with E-state index in [0.29, 0.717) is 17.9 Å². The van der Waals surface area contributed by atoms with Gasteiger partial charge in [-0.15, -0.1) is 11.3 Å². The summed E-state index contributed by atoms with van der Waals surface area (Å²) < 4.78 is 39.0. The highest BCUT2D eigenvalue weighted by Gasteiger charge is 2.32. The highest BCUT2D eigenvalue weighted by molar-refractivity contribution is 9.11. The Hall–Kier alpha value is -3.68. The van der Waals surface area contributed by atoms with Crippen molar-refractivity contribution in [2.45, 2.75) is 19.3 Å². The molecule has 0 N–H and O–H groups in total. The van der Waals surface area contributed by atoms with Crippen LogP contribution in [-0.4, -0.2) is 6.61 Å². The topological polar surface area (TPSA) is 21.7 Å². The number of hydrogen-bond donors (Lipinski definition) is 0. The summed E-state index contributed by atoms with van der Waals surface area (Å²) in [6.07, 6.45) is -0.398. The highest BCUT2D eigenvalue weighted by atomic mass is 79.9. The Morgan fingerprint density at radius 3 is 2.32 bits per heavy atom. The Labute approximate surface area is 232 Å². The Balaban J connectivity index is 1.52. The number of anilines is 2. The molecule has 0 saturated carbocycles. The predicted octanol–water partition coefficient (Wildman–Crippen LogP) is 9.60. The molecule has 3 nitrogen and oxygen atoms in total. The maximum Gasteiger partial charge on any atom is 0.387 e. The fraction of sp³-hybridized carbons (Fsp3) is 0.0968. The molecule has 0 radical (unpaired) electrons. The van der Waals surface area contributed by atoms with Gasteiger partial charge in [0.1, 0.15) is 11.5 Å². The fourth-order valence-corrected chi connectivity index (χ4v) is 6.28. The van der Waals surface area contributed by atoms with Gasteiger partial charge in [-0.3, -0.25) is 0 Å². The molecule has 4 aromatic carbocycles. The van der Waals surface area contributed by atoms with Crippen LogP contribution in [0.4, 0.5) is 20.2 Å². The number of halogens is 3. The summed E-state index contributed by atoms with van der Waals surface area (Å²) in [5.74, 6) is 0.614. The quantitative estimate of drug-likeness (QED) is 0.188. The molecule has 0 amide bonds.